The molecule has 16 aliphatic rings. The predicted octanol–water partition coefficient (Wildman–Crippen LogP) is 7.37. The Hall–Kier alpha value is -1.65. The molecule has 16 heterocycles. The molecule has 12 bridgehead atoms. The van der Waals surface area contributed by atoms with E-state index in [2.05, 4.69) is 54.7 Å². The Labute approximate surface area is 460 Å². The van der Waals surface area contributed by atoms with Gasteiger partial charge in [-0.2, -0.15) is 0 Å². The summed E-state index contributed by atoms with van der Waals surface area (Å²) < 4.78 is 105. The standard InChI is InChI=1S/C61H88O17/c1-9-39-38(62)20-46-51(69-39)30(4)23-60(74-46)24-31(5)52-48(75-60)27-61(77-52)26-47-43(73-61)22-45-53(70-47)33(7)54-44(68-45)21-42-32(6)28(2)16-34(65-42)10-12-40-29(3)17-36(64-40)14-15-59-25-37-18-49(76-59)58(8)57(67-37)56(78-59)55-41(72-58)13-11-35(66-55)19-50(63)71-54/h28,30-31,33-49,51-57,62H,3,6,9-27H2,1-2,4-5,7-8H3/t28-,30+,31+,33+,34+,35-,36+,37-,38-,39-,40+,41+,42-,43-,44+,45+,46+,47-,48+,49?,51+,52+,53+,54-,55+,56+,57?,58+,59+,60-,61+/m1/s1. The van der Waals surface area contributed by atoms with Crippen molar-refractivity contribution >= 4 is 5.97 Å². The third-order valence-corrected chi connectivity index (χ3v) is 22.4. The van der Waals surface area contributed by atoms with E-state index in [9.17, 15) is 9.90 Å². The summed E-state index contributed by atoms with van der Waals surface area (Å²) in [5.74, 6) is -2.49. The number of hydrogen-bond donors (Lipinski definition) is 1. The quantitative estimate of drug-likeness (QED) is 0.203. The van der Waals surface area contributed by atoms with Crippen molar-refractivity contribution in [3.8, 4) is 0 Å². The van der Waals surface area contributed by atoms with Gasteiger partial charge in [-0.25, -0.2) is 0 Å². The van der Waals surface area contributed by atoms with Crippen LogP contribution in [0.5, 0.6) is 0 Å². The Morgan fingerprint density at radius 1 is 0.526 bits per heavy atom. The van der Waals surface area contributed by atoms with Crippen LogP contribution in [0, 0.1) is 23.7 Å². The van der Waals surface area contributed by atoms with Crippen LogP contribution in [0.15, 0.2) is 24.3 Å². The number of aliphatic hydroxyl groups excluding tert-OH is 1. The number of carbonyl (C=O) groups is 1. The average molecular weight is 1090 g/mol. The SMILES string of the molecule is C=C1C[C@@H]2CC[C@]34C[C@H]5CC(O3)[C@]3(C)O[C@H]6CC[C@H](CC(=O)O[C@@H]7[C@@H](C)[C@@H]8O[C@@H]9C[C@]%10(C[C@@H]%11O[C@]%12(C[C@H](C)[C@@H]%13O[C@H](CC)[C@H](O)C[C@@H]%13O%12)C[C@H](C)[C@@H]%11O%10)O[C@@H]9C[C@@H]8O[C@H]7C[C@H]7O[C@@H](CC[C@@H]1O2)C[C@@H](C)C7=C)O[C@@H]6[C@H](O4)C3O5. The van der Waals surface area contributed by atoms with E-state index in [4.69, 9.17) is 71.1 Å². The van der Waals surface area contributed by atoms with E-state index in [1.165, 1.54) is 0 Å². The number of aliphatic hydroxyl groups is 1. The highest BCUT2D eigenvalue weighted by molar-refractivity contribution is 5.70. The van der Waals surface area contributed by atoms with Crippen molar-refractivity contribution in [3.63, 3.8) is 0 Å². The number of rotatable bonds is 1. The molecule has 434 valence electrons. The fraction of sp³-hybridized carbons (Fsp3) is 0.918. The van der Waals surface area contributed by atoms with Crippen molar-refractivity contribution in [2.24, 2.45) is 23.7 Å². The van der Waals surface area contributed by atoms with E-state index in [0.717, 1.165) is 62.5 Å². The van der Waals surface area contributed by atoms with Gasteiger partial charge in [0.25, 0.3) is 0 Å². The van der Waals surface area contributed by atoms with Gasteiger partial charge in [0.15, 0.2) is 17.4 Å². The molecule has 16 rings (SSSR count). The lowest BCUT2D eigenvalue weighted by molar-refractivity contribution is -0.371. The summed E-state index contributed by atoms with van der Waals surface area (Å²) in [6.45, 7) is 22.2. The fourth-order valence-corrected chi connectivity index (χ4v) is 18.5. The van der Waals surface area contributed by atoms with Crippen molar-refractivity contribution < 1.29 is 81.0 Å². The van der Waals surface area contributed by atoms with Crippen LogP contribution in [-0.4, -0.2) is 174 Å². The van der Waals surface area contributed by atoms with Crippen LogP contribution in [0.1, 0.15) is 164 Å². The van der Waals surface area contributed by atoms with Crippen LogP contribution >= 0.6 is 0 Å². The molecule has 31 atom stereocenters. The second-order valence-electron chi connectivity index (χ2n) is 27.9. The molecule has 0 aromatic rings. The summed E-state index contributed by atoms with van der Waals surface area (Å²) in [4.78, 5) is 14.7. The molecular formula is C61H88O17. The largest absolute Gasteiger partial charge is 0.459 e. The molecule has 16 aliphatic heterocycles. The van der Waals surface area contributed by atoms with E-state index in [0.29, 0.717) is 64.2 Å². The summed E-state index contributed by atoms with van der Waals surface area (Å²) in [5.41, 5.74) is 1.49. The van der Waals surface area contributed by atoms with Crippen LogP contribution in [-0.2, 0) is 75.8 Å². The first-order valence-corrected chi connectivity index (χ1v) is 31.0. The second kappa shape index (κ2) is 19.4. The fourth-order valence-electron chi connectivity index (χ4n) is 18.5. The average Bonchev–Trinajstić information content (AvgIpc) is 4.13. The zero-order chi connectivity index (χ0) is 53.4. The maximum atomic E-state index is 14.7. The van der Waals surface area contributed by atoms with E-state index < -0.39 is 59.6 Å². The molecule has 0 aliphatic carbocycles. The van der Waals surface area contributed by atoms with Crippen molar-refractivity contribution in [1.29, 1.82) is 0 Å². The summed E-state index contributed by atoms with van der Waals surface area (Å²) in [5, 5.41) is 11.0. The molecule has 0 saturated carbocycles. The third-order valence-electron chi connectivity index (χ3n) is 22.4. The minimum atomic E-state index is -0.886. The van der Waals surface area contributed by atoms with Crippen molar-refractivity contribution in [3.05, 3.63) is 24.3 Å². The van der Waals surface area contributed by atoms with E-state index in [-0.39, 0.29) is 140 Å². The molecule has 0 radical (unpaired) electrons. The molecule has 17 nitrogen and oxygen atoms in total. The molecule has 1 N–H and O–H groups in total. The van der Waals surface area contributed by atoms with Crippen molar-refractivity contribution in [2.45, 2.75) is 327 Å². The highest BCUT2D eigenvalue weighted by Crippen LogP contribution is 2.58. The minimum Gasteiger partial charge on any atom is -0.459 e. The summed E-state index contributed by atoms with van der Waals surface area (Å²) in [7, 11) is 0. The molecule has 2 unspecified atom stereocenters. The Kier molecular flexibility index (Phi) is 13.2. The Morgan fingerprint density at radius 2 is 1.26 bits per heavy atom. The summed E-state index contributed by atoms with van der Waals surface area (Å²) in [6, 6.07) is 0. The van der Waals surface area contributed by atoms with Gasteiger partial charge in [-0.15, -0.1) is 0 Å². The van der Waals surface area contributed by atoms with Crippen LogP contribution in [0.25, 0.3) is 0 Å². The molecule has 16 saturated heterocycles. The van der Waals surface area contributed by atoms with Gasteiger partial charge in [0.1, 0.15) is 30.0 Å². The van der Waals surface area contributed by atoms with Crippen LogP contribution < -0.4 is 0 Å². The van der Waals surface area contributed by atoms with Gasteiger partial charge in [-0.3, -0.25) is 4.79 Å². The Morgan fingerprint density at radius 3 is 2.10 bits per heavy atom. The molecular weight excluding hydrogens is 1000 g/mol. The maximum absolute atomic E-state index is 14.7. The first-order chi connectivity index (χ1) is 37.4. The van der Waals surface area contributed by atoms with Gasteiger partial charge in [0.2, 0.25) is 0 Å². The highest BCUT2D eigenvalue weighted by atomic mass is 16.8. The number of hydrogen-bond acceptors (Lipinski definition) is 17. The molecule has 16 fully saturated rings. The maximum Gasteiger partial charge on any atom is 0.308 e. The van der Waals surface area contributed by atoms with Crippen LogP contribution in [0.3, 0.4) is 0 Å². The first-order valence-electron chi connectivity index (χ1n) is 31.0. The highest BCUT2D eigenvalue weighted by Gasteiger charge is 2.70. The monoisotopic (exact) mass is 1090 g/mol. The minimum absolute atomic E-state index is 0.00498. The van der Waals surface area contributed by atoms with Gasteiger partial charge < -0.3 is 76.2 Å². The number of ether oxygens (including phenoxy) is 15. The zero-order valence-electron chi connectivity index (χ0n) is 46.9. The summed E-state index contributed by atoms with van der Waals surface area (Å²) in [6.07, 6.45) is 6.43. The lowest BCUT2D eigenvalue weighted by Crippen LogP contribution is -2.71. The van der Waals surface area contributed by atoms with Gasteiger partial charge in [0, 0.05) is 70.1 Å². The van der Waals surface area contributed by atoms with Crippen molar-refractivity contribution in [1.82, 2.24) is 0 Å². The molecule has 0 aromatic heterocycles. The molecule has 78 heavy (non-hydrogen) atoms. The van der Waals surface area contributed by atoms with E-state index >= 15 is 0 Å². The smallest absolute Gasteiger partial charge is 0.308 e. The van der Waals surface area contributed by atoms with Crippen LogP contribution in [0.4, 0.5) is 0 Å². The van der Waals surface area contributed by atoms with E-state index in [1.807, 2.05) is 0 Å². The number of esters is 1. The molecule has 17 heteroatoms. The van der Waals surface area contributed by atoms with Gasteiger partial charge in [-0.1, -0.05) is 47.8 Å². The number of fused-ring (bicyclic) bond motifs is 10. The Balaban J connectivity index is 0.674. The first kappa shape index (κ1) is 53.1. The summed E-state index contributed by atoms with van der Waals surface area (Å²) >= 11 is 0. The lowest BCUT2D eigenvalue weighted by atomic mass is 9.75. The predicted molar refractivity (Wildman–Crippen MR) is 276 cm³/mol. The third kappa shape index (κ3) is 8.87. The second-order valence-corrected chi connectivity index (χ2v) is 27.9. The zero-order valence-corrected chi connectivity index (χ0v) is 46.9. The lowest BCUT2D eigenvalue weighted by Gasteiger charge is -2.57. The normalized spacial score (nSPS) is 59.2. The van der Waals surface area contributed by atoms with Crippen LogP contribution in [0.2, 0.25) is 0 Å². The topological polar surface area (TPSA) is 176 Å². The molecule has 0 aromatic carbocycles. The molecule has 0 amide bonds. The van der Waals surface area contributed by atoms with E-state index in [1.54, 1.807) is 0 Å². The van der Waals surface area contributed by atoms with Crippen molar-refractivity contribution in [2.75, 3.05) is 0 Å². The number of carbonyl (C=O) groups excluding carboxylic acids is 1. The van der Waals surface area contributed by atoms with Gasteiger partial charge in [-0.05, 0) is 87.2 Å². The Bertz CT molecular complexity index is 2340. The van der Waals surface area contributed by atoms with Gasteiger partial charge >= 0.3 is 5.97 Å². The van der Waals surface area contributed by atoms with Gasteiger partial charge in [0.05, 0.1) is 122 Å². The molecule has 3 spiro atoms.